The summed E-state index contributed by atoms with van der Waals surface area (Å²) in [6, 6.07) is 23.5. The molecule has 122 valence electrons. The van der Waals surface area contributed by atoms with Crippen LogP contribution >= 0.6 is 0 Å². The van der Waals surface area contributed by atoms with Crippen molar-refractivity contribution in [3.8, 4) is 0 Å². The van der Waals surface area contributed by atoms with E-state index in [0.29, 0.717) is 6.42 Å². The number of benzene rings is 3. The molecule has 1 atom stereocenters. The fourth-order valence-electron chi connectivity index (χ4n) is 2.77. The van der Waals surface area contributed by atoms with Crippen molar-refractivity contribution in [3.05, 3.63) is 83.9 Å². The molecule has 0 spiro atoms. The molecule has 0 saturated carbocycles. The van der Waals surface area contributed by atoms with E-state index < -0.39 is 5.60 Å². The van der Waals surface area contributed by atoms with E-state index in [4.69, 9.17) is 0 Å². The first-order valence-corrected chi connectivity index (χ1v) is 8.07. The molecule has 3 nitrogen and oxygen atoms in total. The molecule has 0 aromatic heterocycles. The van der Waals surface area contributed by atoms with Gasteiger partial charge in [0.15, 0.2) is 0 Å². The zero-order valence-corrected chi connectivity index (χ0v) is 13.7. The molecule has 24 heavy (non-hydrogen) atoms. The van der Waals surface area contributed by atoms with Gasteiger partial charge in [-0.2, -0.15) is 0 Å². The highest BCUT2D eigenvalue weighted by molar-refractivity contribution is 5.85. The Balaban J connectivity index is 1.62. The van der Waals surface area contributed by atoms with Crippen LogP contribution in [-0.4, -0.2) is 17.6 Å². The largest absolute Gasteiger partial charge is 0.384 e. The predicted molar refractivity (Wildman–Crippen MR) is 96.7 cm³/mol. The summed E-state index contributed by atoms with van der Waals surface area (Å²) < 4.78 is 0. The number of carbonyl (C=O) groups excluding carboxylic acids is 1. The predicted octanol–water partition coefficient (Wildman–Crippen LogP) is 3.41. The molecule has 0 aliphatic carbocycles. The van der Waals surface area contributed by atoms with Crippen molar-refractivity contribution in [1.29, 1.82) is 0 Å². The van der Waals surface area contributed by atoms with Crippen molar-refractivity contribution in [1.82, 2.24) is 5.32 Å². The third kappa shape index (κ3) is 3.81. The van der Waals surface area contributed by atoms with Gasteiger partial charge in [0.2, 0.25) is 5.91 Å². The summed E-state index contributed by atoms with van der Waals surface area (Å²) in [4.78, 5) is 12.2. The van der Waals surface area contributed by atoms with Crippen molar-refractivity contribution in [2.75, 3.05) is 6.54 Å². The zero-order chi connectivity index (χ0) is 17.0. The second-order valence-corrected chi connectivity index (χ2v) is 6.27. The number of rotatable bonds is 5. The molecule has 3 aromatic rings. The number of hydrogen-bond acceptors (Lipinski definition) is 2. The second kappa shape index (κ2) is 6.85. The fourth-order valence-corrected chi connectivity index (χ4v) is 2.77. The van der Waals surface area contributed by atoms with Gasteiger partial charge in [0.25, 0.3) is 0 Å². The van der Waals surface area contributed by atoms with E-state index in [2.05, 4.69) is 11.4 Å². The normalized spacial score (nSPS) is 13.4. The quantitative estimate of drug-likeness (QED) is 0.757. The van der Waals surface area contributed by atoms with Crippen LogP contribution in [0.15, 0.2) is 72.8 Å². The maximum atomic E-state index is 12.2. The van der Waals surface area contributed by atoms with Gasteiger partial charge < -0.3 is 10.4 Å². The minimum Gasteiger partial charge on any atom is -0.384 e. The van der Waals surface area contributed by atoms with Gasteiger partial charge in [-0.3, -0.25) is 4.79 Å². The Morgan fingerprint density at radius 3 is 2.38 bits per heavy atom. The average molecular weight is 319 g/mol. The zero-order valence-electron chi connectivity index (χ0n) is 13.7. The van der Waals surface area contributed by atoms with Crippen LogP contribution in [0.1, 0.15) is 18.1 Å². The molecule has 0 saturated heterocycles. The van der Waals surface area contributed by atoms with E-state index in [0.717, 1.165) is 21.9 Å². The highest BCUT2D eigenvalue weighted by Gasteiger charge is 2.23. The Bertz CT molecular complexity index is 841. The standard InChI is InChI=1S/C21H21NO2/c1-21(24,19-9-3-2-4-10-19)15-22-20(23)14-16-11-12-17-7-5-6-8-18(17)13-16/h2-13,24H,14-15H2,1H3,(H,22,23). The van der Waals surface area contributed by atoms with Crippen LogP contribution in [0, 0.1) is 0 Å². The van der Waals surface area contributed by atoms with E-state index in [1.807, 2.05) is 66.7 Å². The van der Waals surface area contributed by atoms with Crippen LogP contribution in [0.3, 0.4) is 0 Å². The molecule has 3 rings (SSSR count). The van der Waals surface area contributed by atoms with Gasteiger partial charge in [-0.15, -0.1) is 0 Å². The van der Waals surface area contributed by atoms with Crippen LogP contribution in [0.4, 0.5) is 0 Å². The minimum atomic E-state index is -1.08. The molecule has 0 heterocycles. The van der Waals surface area contributed by atoms with Crippen molar-refractivity contribution in [3.63, 3.8) is 0 Å². The molecule has 1 amide bonds. The summed E-state index contributed by atoms with van der Waals surface area (Å²) in [5, 5.41) is 15.6. The number of amides is 1. The van der Waals surface area contributed by atoms with Crippen molar-refractivity contribution in [2.24, 2.45) is 0 Å². The Labute approximate surface area is 142 Å². The van der Waals surface area contributed by atoms with Crippen LogP contribution < -0.4 is 5.32 Å². The average Bonchev–Trinajstić information content (AvgIpc) is 2.61. The van der Waals surface area contributed by atoms with Crippen LogP contribution in [0.5, 0.6) is 0 Å². The molecule has 1 unspecified atom stereocenters. The van der Waals surface area contributed by atoms with Gasteiger partial charge >= 0.3 is 0 Å². The second-order valence-electron chi connectivity index (χ2n) is 6.27. The van der Waals surface area contributed by atoms with Crippen molar-refractivity contribution >= 4 is 16.7 Å². The van der Waals surface area contributed by atoms with E-state index >= 15 is 0 Å². The summed E-state index contributed by atoms with van der Waals surface area (Å²) in [7, 11) is 0. The lowest BCUT2D eigenvalue weighted by Gasteiger charge is -2.24. The van der Waals surface area contributed by atoms with Gasteiger partial charge in [-0.1, -0.05) is 72.8 Å². The number of aliphatic hydroxyl groups is 1. The van der Waals surface area contributed by atoms with Gasteiger partial charge in [0.1, 0.15) is 5.60 Å². The number of nitrogens with one attached hydrogen (secondary N) is 1. The number of fused-ring (bicyclic) bond motifs is 1. The summed E-state index contributed by atoms with van der Waals surface area (Å²) in [6.07, 6.45) is 0.301. The van der Waals surface area contributed by atoms with E-state index in [1.54, 1.807) is 6.92 Å². The maximum Gasteiger partial charge on any atom is 0.224 e. The fraction of sp³-hybridized carbons (Fsp3) is 0.190. The first kappa shape index (κ1) is 16.2. The Morgan fingerprint density at radius 2 is 1.62 bits per heavy atom. The highest BCUT2D eigenvalue weighted by atomic mass is 16.3. The van der Waals surface area contributed by atoms with Crippen LogP contribution in [-0.2, 0) is 16.8 Å². The van der Waals surface area contributed by atoms with Crippen LogP contribution in [0.25, 0.3) is 10.8 Å². The molecule has 2 N–H and O–H groups in total. The Kier molecular flexibility index (Phi) is 4.63. The van der Waals surface area contributed by atoms with E-state index in [1.165, 1.54) is 0 Å². The molecule has 3 heteroatoms. The van der Waals surface area contributed by atoms with Gasteiger partial charge in [-0.05, 0) is 28.8 Å². The van der Waals surface area contributed by atoms with E-state index in [9.17, 15) is 9.90 Å². The first-order chi connectivity index (χ1) is 11.5. The molecule has 0 aliphatic heterocycles. The third-order valence-corrected chi connectivity index (χ3v) is 4.20. The van der Waals surface area contributed by atoms with E-state index in [-0.39, 0.29) is 12.5 Å². The first-order valence-electron chi connectivity index (χ1n) is 8.07. The van der Waals surface area contributed by atoms with Crippen molar-refractivity contribution in [2.45, 2.75) is 18.9 Å². The molecule has 0 radical (unpaired) electrons. The molecule has 3 aromatic carbocycles. The number of carbonyl (C=O) groups is 1. The SMILES string of the molecule is CC(O)(CNC(=O)Cc1ccc2ccccc2c1)c1ccccc1. The summed E-state index contributed by atoms with van der Waals surface area (Å²) >= 11 is 0. The summed E-state index contributed by atoms with van der Waals surface area (Å²) in [5.74, 6) is -0.0958. The molecular formula is C21H21NO2. The third-order valence-electron chi connectivity index (χ3n) is 4.20. The number of hydrogen-bond donors (Lipinski definition) is 2. The highest BCUT2D eigenvalue weighted by Crippen LogP contribution is 2.19. The molecule has 0 aliphatic rings. The van der Waals surface area contributed by atoms with Crippen LogP contribution in [0.2, 0.25) is 0 Å². The molecule has 0 bridgehead atoms. The summed E-state index contributed by atoms with van der Waals surface area (Å²) in [5.41, 5.74) is 0.668. The monoisotopic (exact) mass is 319 g/mol. The summed E-state index contributed by atoms with van der Waals surface area (Å²) in [6.45, 7) is 1.89. The minimum absolute atomic E-state index is 0.0958. The Morgan fingerprint density at radius 1 is 0.958 bits per heavy atom. The van der Waals surface area contributed by atoms with Gasteiger partial charge in [0.05, 0.1) is 13.0 Å². The molecular weight excluding hydrogens is 298 g/mol. The lowest BCUT2D eigenvalue weighted by molar-refractivity contribution is -0.121. The van der Waals surface area contributed by atoms with Crippen molar-refractivity contribution < 1.29 is 9.90 Å². The molecule has 0 fully saturated rings. The lowest BCUT2D eigenvalue weighted by atomic mass is 9.96. The topological polar surface area (TPSA) is 49.3 Å². The van der Waals surface area contributed by atoms with Gasteiger partial charge in [0, 0.05) is 0 Å². The maximum absolute atomic E-state index is 12.2. The smallest absolute Gasteiger partial charge is 0.224 e. The van der Waals surface area contributed by atoms with Gasteiger partial charge in [-0.25, -0.2) is 0 Å². The Hall–Kier alpha value is -2.65. The lowest BCUT2D eigenvalue weighted by Crippen LogP contribution is -2.39.